The van der Waals surface area contributed by atoms with E-state index in [1.54, 1.807) is 7.11 Å². The number of methoxy groups -OCH3 is 1. The Bertz CT molecular complexity index is 759. The number of quaternary nitrogens is 1. The molecule has 0 heterocycles. The quantitative estimate of drug-likeness (QED) is 0.535. The van der Waals surface area contributed by atoms with Crippen LogP contribution in [0.5, 0.6) is 5.75 Å². The zero-order valence-electron chi connectivity index (χ0n) is 19.0. The number of ether oxygens (including phenoxy) is 1. The molecular weight excluding hydrogens is 390 g/mol. The molecule has 31 heavy (non-hydrogen) atoms. The maximum Gasteiger partial charge on any atom is 0.279 e. The van der Waals surface area contributed by atoms with Gasteiger partial charge in [-0.3, -0.25) is 9.59 Å². The Balaban J connectivity index is 1.27. The Kier molecular flexibility index (Phi) is 6.85. The number of carbonyl (C=O) groups is 2. The highest BCUT2D eigenvalue weighted by Crippen LogP contribution is 2.59. The van der Waals surface area contributed by atoms with E-state index < -0.39 is 0 Å². The van der Waals surface area contributed by atoms with Crippen LogP contribution >= 0.6 is 0 Å². The molecule has 1 unspecified atom stereocenters. The molecule has 4 fully saturated rings. The molecule has 0 saturated heterocycles. The Hall–Kier alpha value is -2.08. The minimum atomic E-state index is -0.0955. The fraction of sp³-hybridized carbons (Fsp3) is 0.680. The van der Waals surface area contributed by atoms with E-state index >= 15 is 0 Å². The van der Waals surface area contributed by atoms with E-state index in [2.05, 4.69) is 17.6 Å². The summed E-state index contributed by atoms with van der Waals surface area (Å²) in [7, 11) is 1.59. The van der Waals surface area contributed by atoms with Crippen LogP contribution in [0.15, 0.2) is 24.3 Å². The largest absolute Gasteiger partial charge is 0.495 e. The molecule has 1 aromatic rings. The molecule has 0 aromatic heterocycles. The summed E-state index contributed by atoms with van der Waals surface area (Å²) in [5.41, 5.74) is 1.01. The average Bonchev–Trinajstić information content (AvgIpc) is 2.72. The number of benzene rings is 1. The molecular formula is C25H38N3O3+. The van der Waals surface area contributed by atoms with Crippen LogP contribution in [-0.4, -0.2) is 45.1 Å². The van der Waals surface area contributed by atoms with Gasteiger partial charge in [0.15, 0.2) is 13.1 Å². The molecule has 4 aliphatic rings. The van der Waals surface area contributed by atoms with Gasteiger partial charge in [-0.2, -0.15) is 0 Å². The van der Waals surface area contributed by atoms with Crippen LogP contribution in [0.4, 0.5) is 5.69 Å². The van der Waals surface area contributed by atoms with Gasteiger partial charge in [0, 0.05) is 6.54 Å². The standard InChI is InChI=1S/C25H37N3O3/c1-3-8-28(16-24(30)27-21-6-4-5-7-22(21)31-2)15-23(29)26-17-25-12-18-9-19(13-25)11-20(10-18)14-25/h4-7,18-20H,3,8-17H2,1-2H3,(H,26,29)(H,27,30)/p+1. The minimum absolute atomic E-state index is 0.0734. The maximum absolute atomic E-state index is 12.8. The highest BCUT2D eigenvalue weighted by molar-refractivity contribution is 5.93. The van der Waals surface area contributed by atoms with Crippen molar-refractivity contribution >= 4 is 17.5 Å². The van der Waals surface area contributed by atoms with E-state index in [0.717, 1.165) is 42.2 Å². The van der Waals surface area contributed by atoms with Gasteiger partial charge in [0.05, 0.1) is 19.3 Å². The number of rotatable bonds is 10. The summed E-state index contributed by atoms with van der Waals surface area (Å²) in [4.78, 5) is 26.4. The van der Waals surface area contributed by atoms with E-state index in [-0.39, 0.29) is 18.4 Å². The van der Waals surface area contributed by atoms with Gasteiger partial charge in [-0.05, 0) is 80.2 Å². The molecule has 170 valence electrons. The summed E-state index contributed by atoms with van der Waals surface area (Å²) >= 11 is 0. The predicted octanol–water partition coefficient (Wildman–Crippen LogP) is 2.26. The highest BCUT2D eigenvalue weighted by atomic mass is 16.5. The fourth-order valence-electron chi connectivity index (χ4n) is 6.84. The predicted molar refractivity (Wildman–Crippen MR) is 121 cm³/mol. The van der Waals surface area contributed by atoms with Crippen LogP contribution in [0.3, 0.4) is 0 Å². The number of amides is 2. The van der Waals surface area contributed by atoms with Crippen molar-refractivity contribution in [3.05, 3.63) is 24.3 Å². The topological polar surface area (TPSA) is 71.9 Å². The first kappa shape index (κ1) is 22.1. The van der Waals surface area contributed by atoms with E-state index in [9.17, 15) is 9.59 Å². The Labute approximate surface area is 186 Å². The number of hydrogen-bond donors (Lipinski definition) is 3. The lowest BCUT2D eigenvalue weighted by Gasteiger charge is -2.56. The summed E-state index contributed by atoms with van der Waals surface area (Å²) in [6.07, 6.45) is 9.08. The summed E-state index contributed by atoms with van der Waals surface area (Å²) < 4.78 is 5.31. The minimum Gasteiger partial charge on any atom is -0.495 e. The Morgan fingerprint density at radius 3 is 2.26 bits per heavy atom. The van der Waals surface area contributed by atoms with Crippen molar-refractivity contribution in [1.82, 2.24) is 5.32 Å². The average molecular weight is 429 g/mol. The van der Waals surface area contributed by atoms with Crippen LogP contribution in [0.25, 0.3) is 0 Å². The molecule has 0 radical (unpaired) electrons. The van der Waals surface area contributed by atoms with Gasteiger partial charge in [0.25, 0.3) is 11.8 Å². The van der Waals surface area contributed by atoms with Crippen LogP contribution in [0.2, 0.25) is 0 Å². The number of para-hydroxylation sites is 2. The van der Waals surface area contributed by atoms with Gasteiger partial charge in [-0.15, -0.1) is 0 Å². The van der Waals surface area contributed by atoms with Gasteiger partial charge in [-0.25, -0.2) is 0 Å². The normalized spacial score (nSPS) is 29.4. The number of nitrogens with one attached hydrogen (secondary N) is 3. The molecule has 4 aliphatic carbocycles. The maximum atomic E-state index is 12.8. The molecule has 5 rings (SSSR count). The van der Waals surface area contributed by atoms with Gasteiger partial charge in [0.1, 0.15) is 5.75 Å². The van der Waals surface area contributed by atoms with E-state index in [1.807, 2.05) is 24.3 Å². The summed E-state index contributed by atoms with van der Waals surface area (Å²) in [5, 5.41) is 6.19. The van der Waals surface area contributed by atoms with E-state index in [0.29, 0.717) is 23.4 Å². The Morgan fingerprint density at radius 1 is 1.03 bits per heavy atom. The van der Waals surface area contributed by atoms with E-state index in [4.69, 9.17) is 4.74 Å². The smallest absolute Gasteiger partial charge is 0.279 e. The number of hydrogen-bond acceptors (Lipinski definition) is 3. The van der Waals surface area contributed by atoms with Crippen molar-refractivity contribution in [1.29, 1.82) is 0 Å². The number of carbonyl (C=O) groups excluding carboxylic acids is 2. The van der Waals surface area contributed by atoms with Crippen molar-refractivity contribution in [2.75, 3.05) is 38.6 Å². The SMILES string of the molecule is CCC[NH+](CC(=O)NCC12CC3CC(CC(C3)C1)C2)CC(=O)Nc1ccccc1OC. The van der Waals surface area contributed by atoms with Gasteiger partial charge in [-0.1, -0.05) is 19.1 Å². The van der Waals surface area contributed by atoms with E-state index in [1.165, 1.54) is 38.5 Å². The zero-order valence-corrected chi connectivity index (χ0v) is 19.0. The third-order valence-electron chi connectivity index (χ3n) is 7.63. The summed E-state index contributed by atoms with van der Waals surface area (Å²) in [5.74, 6) is 3.30. The van der Waals surface area contributed by atoms with Crippen LogP contribution < -0.4 is 20.3 Å². The van der Waals surface area contributed by atoms with Crippen molar-refractivity contribution < 1.29 is 19.2 Å². The van der Waals surface area contributed by atoms with Crippen molar-refractivity contribution in [3.63, 3.8) is 0 Å². The van der Waals surface area contributed by atoms with Crippen LogP contribution in [0.1, 0.15) is 51.9 Å². The molecule has 0 spiro atoms. The second-order valence-electron chi connectivity index (χ2n) is 10.3. The summed E-state index contributed by atoms with van der Waals surface area (Å²) in [6, 6.07) is 7.39. The molecule has 1 aromatic carbocycles. The van der Waals surface area contributed by atoms with Gasteiger partial charge < -0.3 is 20.3 Å². The van der Waals surface area contributed by atoms with Gasteiger partial charge >= 0.3 is 0 Å². The molecule has 6 heteroatoms. The molecule has 4 bridgehead atoms. The zero-order chi connectivity index (χ0) is 21.8. The van der Waals surface area contributed by atoms with Crippen molar-refractivity contribution in [3.8, 4) is 5.75 Å². The monoisotopic (exact) mass is 428 g/mol. The van der Waals surface area contributed by atoms with Gasteiger partial charge in [0.2, 0.25) is 0 Å². The lowest BCUT2D eigenvalue weighted by atomic mass is 9.49. The van der Waals surface area contributed by atoms with Crippen LogP contribution in [0, 0.1) is 23.2 Å². The lowest BCUT2D eigenvalue weighted by molar-refractivity contribution is -0.883. The van der Waals surface area contributed by atoms with Crippen molar-refractivity contribution in [2.24, 2.45) is 23.2 Å². The summed E-state index contributed by atoms with van der Waals surface area (Å²) in [6.45, 7) is 4.33. The van der Waals surface area contributed by atoms with Crippen LogP contribution in [-0.2, 0) is 9.59 Å². The highest BCUT2D eigenvalue weighted by Gasteiger charge is 2.50. The third-order valence-corrected chi connectivity index (χ3v) is 7.63. The third kappa shape index (κ3) is 5.40. The first-order valence-electron chi connectivity index (χ1n) is 12.0. The second-order valence-corrected chi connectivity index (χ2v) is 10.3. The molecule has 4 saturated carbocycles. The second kappa shape index (κ2) is 9.60. The fourth-order valence-corrected chi connectivity index (χ4v) is 6.84. The molecule has 0 aliphatic heterocycles. The molecule has 2 amide bonds. The molecule has 3 N–H and O–H groups in total. The molecule has 6 nitrogen and oxygen atoms in total. The first-order chi connectivity index (χ1) is 15.0. The first-order valence-corrected chi connectivity index (χ1v) is 12.0. The molecule has 1 atom stereocenters. The lowest BCUT2D eigenvalue weighted by Crippen LogP contribution is -3.14. The number of anilines is 1. The Morgan fingerprint density at radius 2 is 1.65 bits per heavy atom. The van der Waals surface area contributed by atoms with Crippen molar-refractivity contribution in [2.45, 2.75) is 51.9 Å².